The molecule has 0 heterocycles. The number of fused-ring (bicyclic) bond motifs is 5. The highest BCUT2D eigenvalue weighted by Gasteiger charge is 2.66. The van der Waals surface area contributed by atoms with Crippen molar-refractivity contribution in [1.29, 1.82) is 0 Å². The maximum atomic E-state index is 11.5. The summed E-state index contributed by atoms with van der Waals surface area (Å²) < 4.78 is 0. The van der Waals surface area contributed by atoms with E-state index in [-0.39, 0.29) is 5.41 Å². The SMILES string of the molecule is C[C@H]1CC[C@]2(C)C3CC[C@@]4(C)C(CC[C@@H]4C)C3C[C@H](O)[C@@]2(O)C1. The highest BCUT2D eigenvalue weighted by molar-refractivity contribution is 5.16. The molecule has 2 heteroatoms. The van der Waals surface area contributed by atoms with Gasteiger partial charge in [0.2, 0.25) is 0 Å². The first-order chi connectivity index (χ1) is 10.7. The third kappa shape index (κ3) is 1.94. The lowest BCUT2D eigenvalue weighted by atomic mass is 9.42. The molecule has 3 unspecified atom stereocenters. The van der Waals surface area contributed by atoms with Crippen molar-refractivity contribution >= 4 is 0 Å². The van der Waals surface area contributed by atoms with Gasteiger partial charge in [-0.25, -0.2) is 0 Å². The Morgan fingerprint density at radius 1 is 0.913 bits per heavy atom. The molecular formula is C21H36O2. The summed E-state index contributed by atoms with van der Waals surface area (Å²) in [5, 5.41) is 22.5. The van der Waals surface area contributed by atoms with E-state index in [1.165, 1.54) is 32.1 Å². The van der Waals surface area contributed by atoms with E-state index >= 15 is 0 Å². The molecule has 2 nitrogen and oxygen atoms in total. The van der Waals surface area contributed by atoms with Crippen LogP contribution in [0.4, 0.5) is 0 Å². The second kappa shape index (κ2) is 4.97. The van der Waals surface area contributed by atoms with Crippen molar-refractivity contribution in [2.75, 3.05) is 0 Å². The van der Waals surface area contributed by atoms with Gasteiger partial charge in [-0.05, 0) is 86.4 Å². The fourth-order valence-electron chi connectivity index (χ4n) is 7.78. The summed E-state index contributed by atoms with van der Waals surface area (Å²) in [6.45, 7) is 9.52. The van der Waals surface area contributed by atoms with Gasteiger partial charge < -0.3 is 10.2 Å². The fraction of sp³-hybridized carbons (Fsp3) is 1.00. The van der Waals surface area contributed by atoms with Gasteiger partial charge in [0, 0.05) is 5.41 Å². The van der Waals surface area contributed by atoms with Crippen LogP contribution < -0.4 is 0 Å². The Labute approximate surface area is 142 Å². The van der Waals surface area contributed by atoms with Crippen LogP contribution in [0.25, 0.3) is 0 Å². The third-order valence-electron chi connectivity index (χ3n) is 9.58. The number of rotatable bonds is 0. The predicted octanol–water partition coefficient (Wildman–Crippen LogP) is 4.39. The summed E-state index contributed by atoms with van der Waals surface area (Å²) in [5.41, 5.74) is -0.437. The molecule has 4 saturated carbocycles. The minimum atomic E-state index is -0.843. The van der Waals surface area contributed by atoms with Crippen LogP contribution in [0.15, 0.2) is 0 Å². The molecule has 0 amide bonds. The molecule has 23 heavy (non-hydrogen) atoms. The second-order valence-corrected chi connectivity index (χ2v) is 10.3. The molecule has 0 aromatic heterocycles. The van der Waals surface area contributed by atoms with Gasteiger partial charge in [0.05, 0.1) is 11.7 Å². The standard InChI is InChI=1S/C21H36O2/c1-13-7-10-20(4)17-8-9-19(3)14(2)5-6-16(19)15(17)11-18(22)21(20,23)12-13/h13-18,22-23H,5-12H2,1-4H3/t13-,14-,15?,16?,17?,18-,19+,20+,21-/m0/s1. The maximum Gasteiger partial charge on any atom is 0.0963 e. The third-order valence-corrected chi connectivity index (χ3v) is 9.58. The Morgan fingerprint density at radius 2 is 1.65 bits per heavy atom. The molecule has 0 aliphatic heterocycles. The monoisotopic (exact) mass is 320 g/mol. The van der Waals surface area contributed by atoms with Crippen molar-refractivity contribution in [2.45, 2.75) is 90.8 Å². The molecular weight excluding hydrogens is 284 g/mol. The van der Waals surface area contributed by atoms with Crippen molar-refractivity contribution in [3.8, 4) is 0 Å². The summed E-state index contributed by atoms with van der Waals surface area (Å²) >= 11 is 0. The van der Waals surface area contributed by atoms with Crippen LogP contribution in [-0.2, 0) is 0 Å². The van der Waals surface area contributed by atoms with Crippen molar-refractivity contribution in [2.24, 2.45) is 40.4 Å². The highest BCUT2D eigenvalue weighted by Crippen LogP contribution is 2.68. The first-order valence-electron chi connectivity index (χ1n) is 10.1. The van der Waals surface area contributed by atoms with Crippen LogP contribution in [0.5, 0.6) is 0 Å². The summed E-state index contributed by atoms with van der Waals surface area (Å²) in [6.07, 6.45) is 8.74. The topological polar surface area (TPSA) is 40.5 Å². The Balaban J connectivity index is 1.71. The number of aliphatic hydroxyl groups excluding tert-OH is 1. The zero-order valence-corrected chi connectivity index (χ0v) is 15.5. The van der Waals surface area contributed by atoms with Crippen molar-refractivity contribution in [3.63, 3.8) is 0 Å². The van der Waals surface area contributed by atoms with Crippen LogP contribution in [0.2, 0.25) is 0 Å². The van der Waals surface area contributed by atoms with E-state index < -0.39 is 11.7 Å². The molecule has 0 spiro atoms. The average Bonchev–Trinajstić information content (AvgIpc) is 2.79. The van der Waals surface area contributed by atoms with Crippen molar-refractivity contribution in [1.82, 2.24) is 0 Å². The Kier molecular flexibility index (Phi) is 3.54. The zero-order chi connectivity index (χ0) is 16.6. The highest BCUT2D eigenvalue weighted by atomic mass is 16.3. The van der Waals surface area contributed by atoms with Gasteiger partial charge in [-0.2, -0.15) is 0 Å². The zero-order valence-electron chi connectivity index (χ0n) is 15.5. The summed E-state index contributed by atoms with van der Waals surface area (Å²) in [4.78, 5) is 0. The van der Waals surface area contributed by atoms with E-state index in [0.717, 1.165) is 31.1 Å². The van der Waals surface area contributed by atoms with E-state index in [1.807, 2.05) is 0 Å². The van der Waals surface area contributed by atoms with Gasteiger partial charge in [0.1, 0.15) is 0 Å². The van der Waals surface area contributed by atoms with Crippen LogP contribution in [-0.4, -0.2) is 21.9 Å². The van der Waals surface area contributed by atoms with E-state index in [4.69, 9.17) is 0 Å². The minimum Gasteiger partial charge on any atom is -0.390 e. The molecule has 4 aliphatic carbocycles. The molecule has 2 N–H and O–H groups in total. The van der Waals surface area contributed by atoms with Crippen LogP contribution in [0.3, 0.4) is 0 Å². The van der Waals surface area contributed by atoms with Gasteiger partial charge in [0.25, 0.3) is 0 Å². The van der Waals surface area contributed by atoms with Gasteiger partial charge in [0.15, 0.2) is 0 Å². The normalized spacial score (nSPS) is 62.3. The quantitative estimate of drug-likeness (QED) is 0.695. The fourth-order valence-corrected chi connectivity index (χ4v) is 7.78. The Morgan fingerprint density at radius 3 is 2.39 bits per heavy atom. The Hall–Kier alpha value is -0.0800. The predicted molar refractivity (Wildman–Crippen MR) is 92.9 cm³/mol. The van der Waals surface area contributed by atoms with E-state index in [9.17, 15) is 10.2 Å². The van der Waals surface area contributed by atoms with E-state index in [0.29, 0.717) is 23.2 Å². The summed E-state index contributed by atoms with van der Waals surface area (Å²) in [6, 6.07) is 0. The molecule has 4 rings (SSSR count). The van der Waals surface area contributed by atoms with Crippen molar-refractivity contribution in [3.05, 3.63) is 0 Å². The maximum absolute atomic E-state index is 11.5. The Bertz CT molecular complexity index is 490. The number of hydrogen-bond acceptors (Lipinski definition) is 2. The molecule has 4 aliphatic rings. The van der Waals surface area contributed by atoms with E-state index in [1.54, 1.807) is 0 Å². The lowest BCUT2D eigenvalue weighted by molar-refractivity contribution is -0.258. The van der Waals surface area contributed by atoms with Gasteiger partial charge in [-0.15, -0.1) is 0 Å². The minimum absolute atomic E-state index is 0.0744. The summed E-state index contributed by atoms with van der Waals surface area (Å²) in [5.74, 6) is 3.39. The summed E-state index contributed by atoms with van der Waals surface area (Å²) in [7, 11) is 0. The van der Waals surface area contributed by atoms with Crippen LogP contribution in [0.1, 0.15) is 79.1 Å². The lowest BCUT2D eigenvalue weighted by Gasteiger charge is -2.65. The molecule has 132 valence electrons. The first kappa shape index (κ1) is 16.4. The molecule has 4 fully saturated rings. The van der Waals surface area contributed by atoms with E-state index in [2.05, 4.69) is 27.7 Å². The molecule has 0 radical (unpaired) electrons. The largest absolute Gasteiger partial charge is 0.390 e. The molecule has 0 aromatic carbocycles. The van der Waals surface area contributed by atoms with Gasteiger partial charge in [-0.3, -0.25) is 0 Å². The second-order valence-electron chi connectivity index (χ2n) is 10.3. The molecule has 0 saturated heterocycles. The van der Waals surface area contributed by atoms with Crippen LogP contribution >= 0.6 is 0 Å². The molecule has 0 bridgehead atoms. The lowest BCUT2D eigenvalue weighted by Crippen LogP contribution is -2.67. The first-order valence-corrected chi connectivity index (χ1v) is 10.1. The molecule has 9 atom stereocenters. The van der Waals surface area contributed by atoms with Crippen LogP contribution in [0, 0.1) is 40.4 Å². The number of hydrogen-bond donors (Lipinski definition) is 2. The average molecular weight is 321 g/mol. The van der Waals surface area contributed by atoms with Crippen molar-refractivity contribution < 1.29 is 10.2 Å². The molecule has 0 aromatic rings. The smallest absolute Gasteiger partial charge is 0.0963 e. The van der Waals surface area contributed by atoms with Gasteiger partial charge >= 0.3 is 0 Å². The number of aliphatic hydroxyl groups is 2. The van der Waals surface area contributed by atoms with Gasteiger partial charge in [-0.1, -0.05) is 27.7 Å².